The Bertz CT molecular complexity index is 513. The van der Waals surface area contributed by atoms with E-state index in [-0.39, 0.29) is 11.8 Å². The quantitative estimate of drug-likeness (QED) is 0.795. The molecule has 0 radical (unpaired) electrons. The fraction of sp³-hybridized carbons (Fsp3) is 0.438. The minimum atomic E-state index is -0.179. The molecule has 4 N–H and O–H groups in total. The van der Waals surface area contributed by atoms with Crippen LogP contribution in [0.25, 0.3) is 0 Å². The summed E-state index contributed by atoms with van der Waals surface area (Å²) < 4.78 is 0. The van der Waals surface area contributed by atoms with Crippen LogP contribution in [0.4, 0.5) is 0 Å². The summed E-state index contributed by atoms with van der Waals surface area (Å²) in [5.74, 6) is 5.67. The lowest BCUT2D eigenvalue weighted by molar-refractivity contribution is -0.123. The summed E-state index contributed by atoms with van der Waals surface area (Å²) in [4.78, 5) is 13.6. The minimum Gasteiger partial charge on any atom is -0.369 e. The summed E-state index contributed by atoms with van der Waals surface area (Å²) in [5.41, 5.74) is 13.0. The minimum absolute atomic E-state index is 0.00144. The number of amides is 1. The van der Waals surface area contributed by atoms with Crippen LogP contribution in [0.2, 0.25) is 0 Å². The number of likely N-dealkylation sites (tertiary alicyclic amines) is 1. The van der Waals surface area contributed by atoms with Crippen LogP contribution in [-0.2, 0) is 11.3 Å². The van der Waals surface area contributed by atoms with Crippen LogP contribution in [0, 0.1) is 17.8 Å². The van der Waals surface area contributed by atoms with Gasteiger partial charge in [0.15, 0.2) is 0 Å². The standard InChI is InChI=1S/C16H21N3O/c17-9-1-3-13-5-7-14(8-6-13)11-19-10-2-4-15(12-19)16(18)20/h5-8,15H,2,4,9-12,17H2,(H2,18,20). The van der Waals surface area contributed by atoms with Crippen LogP contribution < -0.4 is 11.5 Å². The van der Waals surface area contributed by atoms with Gasteiger partial charge in [0.2, 0.25) is 5.91 Å². The van der Waals surface area contributed by atoms with Gasteiger partial charge in [0, 0.05) is 18.7 Å². The second-order valence-electron chi connectivity index (χ2n) is 5.18. The number of nitrogens with two attached hydrogens (primary N) is 2. The normalized spacial score (nSPS) is 19.1. The first-order chi connectivity index (χ1) is 9.69. The molecule has 1 aliphatic heterocycles. The molecular weight excluding hydrogens is 250 g/mol. The molecule has 0 aliphatic carbocycles. The summed E-state index contributed by atoms with van der Waals surface area (Å²) in [6, 6.07) is 8.17. The van der Waals surface area contributed by atoms with Gasteiger partial charge in [-0.2, -0.15) is 0 Å². The van der Waals surface area contributed by atoms with Gasteiger partial charge in [0.1, 0.15) is 0 Å². The van der Waals surface area contributed by atoms with Crippen molar-refractivity contribution in [1.29, 1.82) is 0 Å². The lowest BCUT2D eigenvalue weighted by atomic mass is 9.97. The largest absolute Gasteiger partial charge is 0.369 e. The van der Waals surface area contributed by atoms with E-state index in [1.54, 1.807) is 0 Å². The zero-order valence-corrected chi connectivity index (χ0v) is 11.6. The lowest BCUT2D eigenvalue weighted by Gasteiger charge is -2.31. The van der Waals surface area contributed by atoms with Gasteiger partial charge in [-0.25, -0.2) is 0 Å². The first kappa shape index (κ1) is 14.6. The Hall–Kier alpha value is -1.83. The van der Waals surface area contributed by atoms with E-state index in [2.05, 4.69) is 28.9 Å². The molecule has 2 rings (SSSR count). The van der Waals surface area contributed by atoms with E-state index >= 15 is 0 Å². The highest BCUT2D eigenvalue weighted by Crippen LogP contribution is 2.18. The Labute approximate surface area is 120 Å². The van der Waals surface area contributed by atoms with Gasteiger partial charge in [-0.05, 0) is 37.1 Å². The third-order valence-corrected chi connectivity index (χ3v) is 3.60. The molecule has 20 heavy (non-hydrogen) atoms. The number of piperidine rings is 1. The first-order valence-electron chi connectivity index (χ1n) is 6.98. The highest BCUT2D eigenvalue weighted by Gasteiger charge is 2.23. The maximum absolute atomic E-state index is 11.3. The van der Waals surface area contributed by atoms with Crippen LogP contribution in [-0.4, -0.2) is 30.4 Å². The number of carbonyl (C=O) groups is 1. The van der Waals surface area contributed by atoms with Crippen molar-refractivity contribution in [2.75, 3.05) is 19.6 Å². The van der Waals surface area contributed by atoms with Gasteiger partial charge >= 0.3 is 0 Å². The smallest absolute Gasteiger partial charge is 0.221 e. The molecule has 1 saturated heterocycles. The van der Waals surface area contributed by atoms with E-state index in [4.69, 9.17) is 11.5 Å². The van der Waals surface area contributed by atoms with Crippen molar-refractivity contribution >= 4 is 5.91 Å². The summed E-state index contributed by atoms with van der Waals surface area (Å²) in [5, 5.41) is 0. The summed E-state index contributed by atoms with van der Waals surface area (Å²) in [6.07, 6.45) is 1.95. The average molecular weight is 271 g/mol. The number of rotatable bonds is 3. The van der Waals surface area contributed by atoms with E-state index in [1.165, 1.54) is 5.56 Å². The van der Waals surface area contributed by atoms with E-state index in [0.717, 1.165) is 38.0 Å². The molecule has 106 valence electrons. The molecule has 1 atom stereocenters. The van der Waals surface area contributed by atoms with E-state index < -0.39 is 0 Å². The first-order valence-corrected chi connectivity index (χ1v) is 6.98. The molecule has 1 unspecified atom stereocenters. The Morgan fingerprint density at radius 1 is 1.35 bits per heavy atom. The van der Waals surface area contributed by atoms with Crippen LogP contribution in [0.3, 0.4) is 0 Å². The molecule has 0 spiro atoms. The third-order valence-electron chi connectivity index (χ3n) is 3.60. The number of hydrogen-bond donors (Lipinski definition) is 2. The summed E-state index contributed by atoms with van der Waals surface area (Å²) in [7, 11) is 0. The zero-order chi connectivity index (χ0) is 14.4. The molecule has 4 nitrogen and oxygen atoms in total. The highest BCUT2D eigenvalue weighted by molar-refractivity contribution is 5.76. The number of hydrogen-bond acceptors (Lipinski definition) is 3. The number of carbonyl (C=O) groups excluding carboxylic acids is 1. The molecule has 1 amide bonds. The van der Waals surface area contributed by atoms with E-state index in [0.29, 0.717) is 6.54 Å². The Kier molecular flexibility index (Phi) is 5.16. The predicted octanol–water partition coefficient (Wildman–Crippen LogP) is 0.694. The van der Waals surface area contributed by atoms with Gasteiger partial charge < -0.3 is 11.5 Å². The topological polar surface area (TPSA) is 72.3 Å². The number of primary amides is 1. The predicted molar refractivity (Wildman–Crippen MR) is 79.6 cm³/mol. The van der Waals surface area contributed by atoms with Crippen molar-refractivity contribution in [3.63, 3.8) is 0 Å². The molecule has 1 aliphatic rings. The fourth-order valence-electron chi connectivity index (χ4n) is 2.54. The zero-order valence-electron chi connectivity index (χ0n) is 11.6. The van der Waals surface area contributed by atoms with Crippen molar-refractivity contribution in [3.8, 4) is 11.8 Å². The second kappa shape index (κ2) is 7.09. The van der Waals surface area contributed by atoms with Gasteiger partial charge in [0.05, 0.1) is 12.5 Å². The molecule has 0 bridgehead atoms. The Balaban J connectivity index is 1.94. The second-order valence-corrected chi connectivity index (χ2v) is 5.18. The summed E-state index contributed by atoms with van der Waals surface area (Å²) in [6.45, 7) is 3.03. The molecule has 1 fully saturated rings. The average Bonchev–Trinajstić information content (AvgIpc) is 2.47. The van der Waals surface area contributed by atoms with E-state index in [9.17, 15) is 4.79 Å². The van der Waals surface area contributed by atoms with Crippen LogP contribution >= 0.6 is 0 Å². The molecule has 1 aromatic carbocycles. The fourth-order valence-corrected chi connectivity index (χ4v) is 2.54. The third kappa shape index (κ3) is 4.09. The van der Waals surface area contributed by atoms with Crippen molar-refractivity contribution < 1.29 is 4.79 Å². The monoisotopic (exact) mass is 271 g/mol. The SMILES string of the molecule is NCC#Cc1ccc(CN2CCCC(C(N)=O)C2)cc1. The van der Waals surface area contributed by atoms with Gasteiger partial charge in [-0.15, -0.1) is 0 Å². The molecule has 4 heteroatoms. The Morgan fingerprint density at radius 2 is 2.10 bits per heavy atom. The molecular formula is C16H21N3O. The van der Waals surface area contributed by atoms with Gasteiger partial charge in [-0.1, -0.05) is 24.0 Å². The van der Waals surface area contributed by atoms with Crippen molar-refractivity contribution in [3.05, 3.63) is 35.4 Å². The maximum Gasteiger partial charge on any atom is 0.221 e. The molecule has 0 aromatic heterocycles. The molecule has 1 aromatic rings. The maximum atomic E-state index is 11.3. The van der Waals surface area contributed by atoms with E-state index in [1.807, 2.05) is 12.1 Å². The number of nitrogens with zero attached hydrogens (tertiary/aromatic N) is 1. The van der Waals surface area contributed by atoms with Crippen molar-refractivity contribution in [1.82, 2.24) is 4.90 Å². The lowest BCUT2D eigenvalue weighted by Crippen LogP contribution is -2.40. The van der Waals surface area contributed by atoms with Crippen molar-refractivity contribution in [2.45, 2.75) is 19.4 Å². The van der Waals surface area contributed by atoms with Gasteiger partial charge in [-0.3, -0.25) is 9.69 Å². The van der Waals surface area contributed by atoms with Crippen LogP contribution in [0.5, 0.6) is 0 Å². The molecule has 0 saturated carbocycles. The van der Waals surface area contributed by atoms with Crippen LogP contribution in [0.1, 0.15) is 24.0 Å². The Morgan fingerprint density at radius 3 is 2.75 bits per heavy atom. The van der Waals surface area contributed by atoms with Crippen LogP contribution in [0.15, 0.2) is 24.3 Å². The summed E-state index contributed by atoms with van der Waals surface area (Å²) >= 11 is 0. The molecule has 1 heterocycles. The van der Waals surface area contributed by atoms with Crippen molar-refractivity contribution in [2.24, 2.45) is 17.4 Å². The highest BCUT2D eigenvalue weighted by atomic mass is 16.1. The number of benzene rings is 1. The van der Waals surface area contributed by atoms with Gasteiger partial charge in [0.25, 0.3) is 0 Å².